The smallest absolute Gasteiger partial charge is 0.374 e. The molecule has 0 atom stereocenters. The molecule has 8 heteroatoms. The molecule has 1 aromatic heterocycles. The lowest BCUT2D eigenvalue weighted by molar-refractivity contribution is 0.0651. The van der Waals surface area contributed by atoms with Gasteiger partial charge in [0.2, 0.25) is 15.6 Å². The lowest BCUT2D eigenvalue weighted by Gasteiger charge is -2.02. The number of hydrogen-bond acceptors (Lipinski definition) is 6. The van der Waals surface area contributed by atoms with Crippen molar-refractivity contribution in [2.75, 3.05) is 0 Å². The molecule has 88 valence electrons. The predicted octanol–water partition coefficient (Wildman–Crippen LogP) is 0.336. The molecular weight excluding hydrogens is 238 g/mol. The van der Waals surface area contributed by atoms with Crippen molar-refractivity contribution in [3.63, 3.8) is 0 Å². The van der Waals surface area contributed by atoms with Crippen LogP contribution in [0.2, 0.25) is 0 Å². The van der Waals surface area contributed by atoms with Gasteiger partial charge in [-0.05, 0) is 13.8 Å². The molecule has 0 aliphatic heterocycles. The Morgan fingerprint density at radius 3 is 2.38 bits per heavy atom. The standard InChI is InChI=1S/C8H9NO6S/c1-4(2)16(13,14)8(12)5-3-6(7(10)11)15-9-5/h3-4H,1-2H3,(H,10,11). The van der Waals surface area contributed by atoms with Gasteiger partial charge in [0.25, 0.3) is 5.12 Å². The Morgan fingerprint density at radius 2 is 2.00 bits per heavy atom. The Balaban J connectivity index is 3.12. The third-order valence-corrected chi connectivity index (χ3v) is 3.78. The monoisotopic (exact) mass is 247 g/mol. The summed E-state index contributed by atoms with van der Waals surface area (Å²) in [6.07, 6.45) is 0. The summed E-state index contributed by atoms with van der Waals surface area (Å²) in [6, 6.07) is 0.782. The summed E-state index contributed by atoms with van der Waals surface area (Å²) in [5.74, 6) is -2.00. The first-order chi connectivity index (χ1) is 7.26. The van der Waals surface area contributed by atoms with Crippen molar-refractivity contribution in [3.8, 4) is 0 Å². The van der Waals surface area contributed by atoms with Crippen LogP contribution in [0, 0.1) is 0 Å². The van der Waals surface area contributed by atoms with Crippen LogP contribution in [0.5, 0.6) is 0 Å². The van der Waals surface area contributed by atoms with Gasteiger partial charge in [0.15, 0.2) is 5.69 Å². The Bertz CT molecular complexity index is 526. The largest absolute Gasteiger partial charge is 0.475 e. The molecule has 0 bridgehead atoms. The first kappa shape index (κ1) is 12.4. The highest BCUT2D eigenvalue weighted by atomic mass is 32.2. The average molecular weight is 247 g/mol. The van der Waals surface area contributed by atoms with E-state index in [0.717, 1.165) is 6.07 Å². The quantitative estimate of drug-likeness (QED) is 0.818. The molecule has 0 amide bonds. The zero-order valence-electron chi connectivity index (χ0n) is 8.50. The van der Waals surface area contributed by atoms with Crippen LogP contribution in [-0.4, -0.2) is 35.0 Å². The van der Waals surface area contributed by atoms with E-state index in [2.05, 4.69) is 9.68 Å². The third kappa shape index (κ3) is 2.11. The van der Waals surface area contributed by atoms with E-state index >= 15 is 0 Å². The number of aromatic nitrogens is 1. The van der Waals surface area contributed by atoms with E-state index in [1.54, 1.807) is 0 Å². The van der Waals surface area contributed by atoms with Crippen LogP contribution in [0.4, 0.5) is 0 Å². The Morgan fingerprint density at radius 1 is 1.44 bits per heavy atom. The summed E-state index contributed by atoms with van der Waals surface area (Å²) in [5.41, 5.74) is -0.522. The lowest BCUT2D eigenvalue weighted by atomic mass is 10.4. The number of hydrogen-bond donors (Lipinski definition) is 1. The van der Waals surface area contributed by atoms with Crippen molar-refractivity contribution in [1.82, 2.24) is 5.16 Å². The fourth-order valence-corrected chi connectivity index (χ4v) is 1.65. The Labute approximate surface area is 91.0 Å². The highest BCUT2D eigenvalue weighted by Gasteiger charge is 2.31. The van der Waals surface area contributed by atoms with Crippen LogP contribution in [0.3, 0.4) is 0 Å². The SMILES string of the molecule is CC(C)S(=O)(=O)C(=O)c1cc(C(=O)O)on1. The summed E-state index contributed by atoms with van der Waals surface area (Å²) in [6.45, 7) is 2.68. The molecule has 0 saturated carbocycles. The highest BCUT2D eigenvalue weighted by Crippen LogP contribution is 2.11. The molecule has 0 radical (unpaired) electrons. The van der Waals surface area contributed by atoms with Gasteiger partial charge in [0, 0.05) is 6.07 Å². The van der Waals surface area contributed by atoms with E-state index in [9.17, 15) is 18.0 Å². The van der Waals surface area contributed by atoms with Gasteiger partial charge in [-0.25, -0.2) is 13.2 Å². The second-order valence-corrected chi connectivity index (χ2v) is 5.67. The van der Waals surface area contributed by atoms with Crippen LogP contribution in [0.15, 0.2) is 10.6 Å². The minimum Gasteiger partial charge on any atom is -0.475 e. The van der Waals surface area contributed by atoms with E-state index < -0.39 is 37.6 Å². The zero-order valence-corrected chi connectivity index (χ0v) is 9.32. The molecule has 0 unspecified atom stereocenters. The van der Waals surface area contributed by atoms with Gasteiger partial charge in [-0.3, -0.25) is 4.79 Å². The van der Waals surface area contributed by atoms with Crippen LogP contribution >= 0.6 is 0 Å². The maximum atomic E-state index is 11.4. The van der Waals surface area contributed by atoms with Crippen molar-refractivity contribution >= 4 is 20.9 Å². The zero-order chi connectivity index (χ0) is 12.5. The number of carboxylic acid groups (broad SMARTS) is 1. The number of carbonyl (C=O) groups is 2. The van der Waals surface area contributed by atoms with Gasteiger partial charge in [0.1, 0.15) is 0 Å². The lowest BCUT2D eigenvalue weighted by Crippen LogP contribution is -2.24. The average Bonchev–Trinajstić information content (AvgIpc) is 2.64. The van der Waals surface area contributed by atoms with Crippen LogP contribution in [0.1, 0.15) is 34.9 Å². The molecule has 7 nitrogen and oxygen atoms in total. The number of rotatable bonds is 3. The second kappa shape index (κ2) is 4.05. The predicted molar refractivity (Wildman–Crippen MR) is 51.8 cm³/mol. The summed E-state index contributed by atoms with van der Waals surface area (Å²) in [5, 5.41) is 9.46. The van der Waals surface area contributed by atoms with E-state index in [1.165, 1.54) is 13.8 Å². The topological polar surface area (TPSA) is 115 Å². The Kier molecular flexibility index (Phi) is 3.13. The molecule has 0 aliphatic rings. The van der Waals surface area contributed by atoms with Crippen molar-refractivity contribution in [2.45, 2.75) is 19.1 Å². The molecule has 1 heterocycles. The number of aromatic carboxylic acids is 1. The van der Waals surface area contributed by atoms with Crippen molar-refractivity contribution < 1.29 is 27.6 Å². The molecule has 0 spiro atoms. The van der Waals surface area contributed by atoms with Gasteiger partial charge in [0.05, 0.1) is 5.25 Å². The first-order valence-corrected chi connectivity index (χ1v) is 5.79. The molecule has 0 aromatic carbocycles. The minimum atomic E-state index is -4.00. The number of sulfone groups is 1. The number of carboxylic acids is 1. The molecule has 1 rings (SSSR count). The van der Waals surface area contributed by atoms with Gasteiger partial charge >= 0.3 is 5.97 Å². The number of nitrogens with zero attached hydrogens (tertiary/aromatic N) is 1. The molecule has 1 aromatic rings. The summed E-state index contributed by atoms with van der Waals surface area (Å²) >= 11 is 0. The summed E-state index contributed by atoms with van der Waals surface area (Å²) in [7, 11) is -4.00. The van der Waals surface area contributed by atoms with Gasteiger partial charge in [-0.2, -0.15) is 0 Å². The van der Waals surface area contributed by atoms with Crippen LogP contribution in [-0.2, 0) is 9.84 Å². The van der Waals surface area contributed by atoms with Gasteiger partial charge < -0.3 is 9.63 Å². The van der Waals surface area contributed by atoms with Crippen LogP contribution < -0.4 is 0 Å². The molecule has 0 aliphatic carbocycles. The molecular formula is C8H9NO6S. The van der Waals surface area contributed by atoms with E-state index in [1.807, 2.05) is 0 Å². The maximum Gasteiger partial charge on any atom is 0.374 e. The summed E-state index contributed by atoms with van der Waals surface area (Å²) < 4.78 is 27.1. The van der Waals surface area contributed by atoms with Crippen LogP contribution in [0.25, 0.3) is 0 Å². The molecule has 0 fully saturated rings. The van der Waals surface area contributed by atoms with Gasteiger partial charge in [-0.15, -0.1) is 0 Å². The van der Waals surface area contributed by atoms with E-state index in [-0.39, 0.29) is 0 Å². The molecule has 16 heavy (non-hydrogen) atoms. The third-order valence-electron chi connectivity index (χ3n) is 1.81. The van der Waals surface area contributed by atoms with Gasteiger partial charge in [-0.1, -0.05) is 5.16 Å². The normalized spacial score (nSPS) is 11.7. The molecule has 1 N–H and O–H groups in total. The van der Waals surface area contributed by atoms with Crippen molar-refractivity contribution in [3.05, 3.63) is 17.5 Å². The highest BCUT2D eigenvalue weighted by molar-refractivity contribution is 8.07. The molecule has 0 saturated heterocycles. The van der Waals surface area contributed by atoms with E-state index in [0.29, 0.717) is 0 Å². The summed E-state index contributed by atoms with van der Waals surface area (Å²) in [4.78, 5) is 21.9. The minimum absolute atomic E-state index is 0.522. The second-order valence-electron chi connectivity index (χ2n) is 3.26. The van der Waals surface area contributed by atoms with Crippen molar-refractivity contribution in [2.24, 2.45) is 0 Å². The number of carbonyl (C=O) groups excluding carboxylic acids is 1. The maximum absolute atomic E-state index is 11.4. The first-order valence-electron chi connectivity index (χ1n) is 4.25. The Hall–Kier alpha value is -1.70. The van der Waals surface area contributed by atoms with E-state index in [4.69, 9.17) is 5.11 Å². The fraction of sp³-hybridized carbons (Fsp3) is 0.375. The van der Waals surface area contributed by atoms with Crippen molar-refractivity contribution in [1.29, 1.82) is 0 Å². The fourth-order valence-electron chi connectivity index (χ4n) is 0.832.